The summed E-state index contributed by atoms with van der Waals surface area (Å²) in [5, 5.41) is 3.40. The zero-order valence-corrected chi connectivity index (χ0v) is 14.0. The number of fused-ring (bicyclic) bond motifs is 2. The molecule has 25 heavy (non-hydrogen) atoms. The Labute approximate surface area is 144 Å². The molecule has 0 fully saturated rings. The van der Waals surface area contributed by atoms with E-state index in [2.05, 4.69) is 15.3 Å². The topological polar surface area (TPSA) is 81.8 Å². The molecule has 0 aliphatic carbocycles. The van der Waals surface area contributed by atoms with Crippen LogP contribution in [0, 0.1) is 0 Å². The number of hydrogen-bond acceptors (Lipinski definition) is 4. The number of nitrogens with zero attached hydrogens (tertiary/aromatic N) is 4. The molecule has 4 rings (SSSR count). The Balaban J connectivity index is 1.62. The first-order valence-electron chi connectivity index (χ1n) is 8.46. The molecule has 0 spiro atoms. The fourth-order valence-corrected chi connectivity index (χ4v) is 3.23. The third-order valence-corrected chi connectivity index (χ3v) is 4.71. The van der Waals surface area contributed by atoms with E-state index in [-0.39, 0.29) is 11.5 Å². The van der Waals surface area contributed by atoms with E-state index < -0.39 is 6.04 Å². The predicted octanol–water partition coefficient (Wildman–Crippen LogP) is 2.13. The summed E-state index contributed by atoms with van der Waals surface area (Å²) in [5.41, 5.74) is 0.407. The number of para-hydroxylation sites is 1. The van der Waals surface area contributed by atoms with E-state index >= 15 is 0 Å². The van der Waals surface area contributed by atoms with Crippen LogP contribution in [0.3, 0.4) is 0 Å². The predicted molar refractivity (Wildman–Crippen MR) is 94.5 cm³/mol. The lowest BCUT2D eigenvalue weighted by Crippen LogP contribution is -2.32. The quantitative estimate of drug-likeness (QED) is 0.794. The van der Waals surface area contributed by atoms with Crippen LogP contribution < -0.4 is 10.9 Å². The number of imidazole rings is 1. The Kier molecular flexibility index (Phi) is 3.83. The molecule has 0 saturated carbocycles. The number of rotatable bonds is 3. The highest BCUT2D eigenvalue weighted by molar-refractivity contribution is 5.93. The molecule has 1 atom stereocenters. The van der Waals surface area contributed by atoms with Crippen molar-refractivity contribution in [1.29, 1.82) is 0 Å². The summed E-state index contributed by atoms with van der Waals surface area (Å²) in [4.78, 5) is 33.9. The second-order valence-corrected chi connectivity index (χ2v) is 6.31. The van der Waals surface area contributed by atoms with Gasteiger partial charge in [0.05, 0.1) is 23.4 Å². The maximum absolute atomic E-state index is 12.6. The largest absolute Gasteiger partial charge is 0.315 e. The van der Waals surface area contributed by atoms with Gasteiger partial charge in [0.1, 0.15) is 17.7 Å². The summed E-state index contributed by atoms with van der Waals surface area (Å²) in [7, 11) is 0. The molecule has 1 amide bonds. The molecule has 0 saturated heterocycles. The monoisotopic (exact) mass is 337 g/mol. The number of aromatic nitrogens is 4. The fourth-order valence-electron chi connectivity index (χ4n) is 3.23. The number of aryl methyl sites for hydroxylation is 1. The van der Waals surface area contributed by atoms with Crippen molar-refractivity contribution in [1.82, 2.24) is 19.1 Å². The molecule has 3 heterocycles. The van der Waals surface area contributed by atoms with E-state index in [0.717, 1.165) is 31.6 Å². The summed E-state index contributed by atoms with van der Waals surface area (Å²) >= 11 is 0. The Morgan fingerprint density at radius 3 is 2.96 bits per heavy atom. The zero-order chi connectivity index (χ0) is 17.4. The van der Waals surface area contributed by atoms with Crippen molar-refractivity contribution in [3.8, 4) is 0 Å². The average Bonchev–Trinajstić information content (AvgIpc) is 3.05. The van der Waals surface area contributed by atoms with Gasteiger partial charge in [-0.2, -0.15) is 0 Å². The van der Waals surface area contributed by atoms with E-state index in [1.165, 1.54) is 10.9 Å². The van der Waals surface area contributed by atoms with Gasteiger partial charge in [0.25, 0.3) is 5.56 Å². The first kappa shape index (κ1) is 15.6. The van der Waals surface area contributed by atoms with Gasteiger partial charge in [-0.1, -0.05) is 12.1 Å². The Hall–Kier alpha value is -2.96. The lowest BCUT2D eigenvalue weighted by atomic mass is 10.2. The number of carbonyl (C=O) groups excluding carboxylic acids is 1. The molecule has 128 valence electrons. The summed E-state index contributed by atoms with van der Waals surface area (Å²) < 4.78 is 3.40. The van der Waals surface area contributed by atoms with Gasteiger partial charge in [-0.15, -0.1) is 0 Å². The van der Waals surface area contributed by atoms with Crippen molar-refractivity contribution in [2.75, 3.05) is 5.32 Å². The molecule has 1 aromatic carbocycles. The van der Waals surface area contributed by atoms with Crippen LogP contribution in [0.1, 0.15) is 31.6 Å². The van der Waals surface area contributed by atoms with Gasteiger partial charge >= 0.3 is 0 Å². The normalized spacial score (nSPS) is 14.9. The number of amides is 1. The molecule has 0 radical (unpaired) electrons. The summed E-state index contributed by atoms with van der Waals surface area (Å²) in [6, 6.07) is 6.46. The van der Waals surface area contributed by atoms with Crippen LogP contribution in [0.4, 0.5) is 5.82 Å². The molecule has 0 bridgehead atoms. The van der Waals surface area contributed by atoms with E-state index in [0.29, 0.717) is 16.7 Å². The maximum atomic E-state index is 12.6. The number of nitrogens with one attached hydrogen (secondary N) is 1. The summed E-state index contributed by atoms with van der Waals surface area (Å²) in [6.45, 7) is 2.55. The van der Waals surface area contributed by atoms with Crippen LogP contribution >= 0.6 is 0 Å². The molecule has 1 aliphatic heterocycles. The first-order valence-corrected chi connectivity index (χ1v) is 8.46. The van der Waals surface area contributed by atoms with Crippen LogP contribution in [-0.4, -0.2) is 25.0 Å². The number of anilines is 1. The standard InChI is InChI=1S/C18H19N5O2/c1-12(23-11-20-14-7-3-2-6-13(14)18(23)25)17(24)21-16-10-19-15-8-4-5-9-22(15)16/h2-3,6-7,10-12H,4-5,8-9H2,1H3,(H,21,24). The smallest absolute Gasteiger partial charge is 0.261 e. The van der Waals surface area contributed by atoms with Crippen molar-refractivity contribution in [3.63, 3.8) is 0 Å². The van der Waals surface area contributed by atoms with Crippen LogP contribution in [0.5, 0.6) is 0 Å². The van der Waals surface area contributed by atoms with Crippen LogP contribution in [0.2, 0.25) is 0 Å². The molecule has 2 aromatic heterocycles. The number of carbonyl (C=O) groups is 1. The zero-order valence-electron chi connectivity index (χ0n) is 14.0. The first-order chi connectivity index (χ1) is 12.1. The summed E-state index contributed by atoms with van der Waals surface area (Å²) in [6.07, 6.45) is 6.25. The Morgan fingerprint density at radius 1 is 1.24 bits per heavy atom. The van der Waals surface area contributed by atoms with E-state index in [4.69, 9.17) is 0 Å². The van der Waals surface area contributed by atoms with Gasteiger partial charge in [-0.05, 0) is 31.9 Å². The highest BCUT2D eigenvalue weighted by atomic mass is 16.2. The van der Waals surface area contributed by atoms with Gasteiger partial charge in [-0.25, -0.2) is 9.97 Å². The van der Waals surface area contributed by atoms with Gasteiger partial charge in [0.2, 0.25) is 5.91 Å². The van der Waals surface area contributed by atoms with Crippen molar-refractivity contribution in [3.05, 3.63) is 53.0 Å². The summed E-state index contributed by atoms with van der Waals surface area (Å²) in [5.74, 6) is 1.43. The maximum Gasteiger partial charge on any atom is 0.261 e. The highest BCUT2D eigenvalue weighted by Crippen LogP contribution is 2.20. The van der Waals surface area contributed by atoms with Crippen molar-refractivity contribution in [2.24, 2.45) is 0 Å². The third kappa shape index (κ3) is 2.71. The average molecular weight is 337 g/mol. The minimum absolute atomic E-state index is 0.219. The van der Waals surface area contributed by atoms with E-state index in [1.54, 1.807) is 31.3 Å². The van der Waals surface area contributed by atoms with Crippen molar-refractivity contribution < 1.29 is 4.79 Å². The van der Waals surface area contributed by atoms with Crippen LogP contribution in [0.15, 0.2) is 41.6 Å². The third-order valence-electron chi connectivity index (χ3n) is 4.71. The lowest BCUT2D eigenvalue weighted by Gasteiger charge is -2.19. The van der Waals surface area contributed by atoms with Crippen molar-refractivity contribution in [2.45, 2.75) is 38.8 Å². The molecule has 7 nitrogen and oxygen atoms in total. The second kappa shape index (κ2) is 6.16. The van der Waals surface area contributed by atoms with Crippen LogP contribution in [-0.2, 0) is 17.8 Å². The molecule has 7 heteroatoms. The van der Waals surface area contributed by atoms with Crippen LogP contribution in [0.25, 0.3) is 10.9 Å². The van der Waals surface area contributed by atoms with Gasteiger partial charge in [-0.3, -0.25) is 14.2 Å². The minimum atomic E-state index is -0.667. The van der Waals surface area contributed by atoms with E-state index in [1.807, 2.05) is 10.6 Å². The number of benzene rings is 1. The van der Waals surface area contributed by atoms with E-state index in [9.17, 15) is 9.59 Å². The highest BCUT2D eigenvalue weighted by Gasteiger charge is 2.21. The molecule has 1 aliphatic rings. The van der Waals surface area contributed by atoms with Gasteiger partial charge in [0.15, 0.2) is 0 Å². The van der Waals surface area contributed by atoms with Crippen molar-refractivity contribution >= 4 is 22.6 Å². The second-order valence-electron chi connectivity index (χ2n) is 6.31. The SMILES string of the molecule is CC(C(=O)Nc1cnc2n1CCCC2)n1cnc2ccccc2c1=O. The molecular formula is C18H19N5O2. The fraction of sp³-hybridized carbons (Fsp3) is 0.333. The lowest BCUT2D eigenvalue weighted by molar-refractivity contribution is -0.118. The minimum Gasteiger partial charge on any atom is -0.315 e. The molecule has 1 N–H and O–H groups in total. The van der Waals surface area contributed by atoms with Gasteiger partial charge < -0.3 is 9.88 Å². The Bertz CT molecular complexity index is 1000. The van der Waals surface area contributed by atoms with Gasteiger partial charge in [0, 0.05) is 13.0 Å². The molecule has 3 aromatic rings. The molecule has 1 unspecified atom stereocenters. The Morgan fingerprint density at radius 2 is 2.08 bits per heavy atom. The molecular weight excluding hydrogens is 318 g/mol. The number of hydrogen-bond donors (Lipinski definition) is 1.